The fourth-order valence-electron chi connectivity index (χ4n) is 2.30. The summed E-state index contributed by atoms with van der Waals surface area (Å²) in [5.74, 6) is 0.696. The monoisotopic (exact) mass is 500 g/mol. The van der Waals surface area contributed by atoms with Crippen molar-refractivity contribution in [1.82, 2.24) is 15.5 Å². The van der Waals surface area contributed by atoms with Gasteiger partial charge in [-0.1, -0.05) is 6.07 Å². The summed E-state index contributed by atoms with van der Waals surface area (Å²) in [6.07, 6.45) is 1.42. The number of carbonyl (C=O) groups excluding carboxylic acids is 1. The predicted molar refractivity (Wildman–Crippen MR) is 113 cm³/mol. The average Bonchev–Trinajstić information content (AvgIpc) is 3.13. The minimum absolute atomic E-state index is 0. The number of hydrogen-bond donors (Lipinski definition) is 2. The van der Waals surface area contributed by atoms with Crippen LogP contribution in [-0.4, -0.2) is 69.9 Å². The summed E-state index contributed by atoms with van der Waals surface area (Å²) in [5, 5.41) is 8.35. The summed E-state index contributed by atoms with van der Waals surface area (Å²) in [4.78, 5) is 18.7. The molecule has 1 aromatic rings. The van der Waals surface area contributed by atoms with E-state index >= 15 is 0 Å². The Labute approximate surface area is 170 Å². The molecule has 1 fully saturated rings. The van der Waals surface area contributed by atoms with Crippen LogP contribution in [-0.2, 0) is 21.1 Å². The number of nitrogens with zero attached hydrogens (tertiary/aromatic N) is 2. The van der Waals surface area contributed by atoms with E-state index in [0.717, 1.165) is 6.42 Å². The van der Waals surface area contributed by atoms with Crippen LogP contribution in [0.4, 0.5) is 0 Å². The van der Waals surface area contributed by atoms with Gasteiger partial charge in [0.1, 0.15) is 6.54 Å². The molecule has 1 aromatic heterocycles. The largest absolute Gasteiger partial charge is 0.356 e. The Morgan fingerprint density at radius 2 is 2.20 bits per heavy atom. The molecule has 25 heavy (non-hydrogen) atoms. The van der Waals surface area contributed by atoms with Crippen LogP contribution in [0, 0.1) is 0 Å². The van der Waals surface area contributed by atoms with Gasteiger partial charge < -0.3 is 15.5 Å². The van der Waals surface area contributed by atoms with Crippen LogP contribution in [0.3, 0.4) is 0 Å². The third kappa shape index (κ3) is 7.90. The molecule has 1 atom stereocenters. The number of thiophene rings is 1. The molecule has 2 N–H and O–H groups in total. The average molecular weight is 500 g/mol. The Morgan fingerprint density at radius 1 is 1.44 bits per heavy atom. The van der Waals surface area contributed by atoms with Gasteiger partial charge in [0.05, 0.1) is 11.5 Å². The Hall–Kier alpha value is -0.880. The first-order valence-corrected chi connectivity index (χ1v) is 10.5. The number of halogens is 1. The highest BCUT2D eigenvalue weighted by Gasteiger charge is 2.28. The molecular formula is C15H25IN4O3S2. The summed E-state index contributed by atoms with van der Waals surface area (Å²) in [7, 11) is 0.398. The van der Waals surface area contributed by atoms with E-state index in [2.05, 4.69) is 21.7 Å². The highest BCUT2D eigenvalue weighted by molar-refractivity contribution is 14.0. The molecule has 7 nitrogen and oxygen atoms in total. The molecular weight excluding hydrogens is 475 g/mol. The predicted octanol–water partition coefficient (Wildman–Crippen LogP) is 0.719. The van der Waals surface area contributed by atoms with Crippen molar-refractivity contribution in [2.24, 2.45) is 4.99 Å². The van der Waals surface area contributed by atoms with E-state index in [-0.39, 0.29) is 54.0 Å². The fourth-order valence-corrected chi connectivity index (χ4v) is 4.68. The number of nitrogens with one attached hydrogen (secondary N) is 2. The number of hydrogen-bond acceptors (Lipinski definition) is 5. The number of sulfone groups is 1. The molecule has 0 aromatic carbocycles. The van der Waals surface area contributed by atoms with Gasteiger partial charge in [-0.25, -0.2) is 13.4 Å². The van der Waals surface area contributed by atoms with Crippen molar-refractivity contribution >= 4 is 57.0 Å². The maximum absolute atomic E-state index is 11.7. The van der Waals surface area contributed by atoms with Gasteiger partial charge in [0.15, 0.2) is 15.8 Å². The standard InChI is InChI=1S/C15H24N4O3S2.HI/c1-19(2)14(20)10-17-15(16-7-5-13-4-3-8-23-13)18-12-6-9-24(21,22)11-12;/h3-4,8,12H,5-7,9-11H2,1-2H3,(H2,16,17,18);1H. The van der Waals surface area contributed by atoms with Crippen LogP contribution in [0.25, 0.3) is 0 Å². The highest BCUT2D eigenvalue weighted by atomic mass is 127. The van der Waals surface area contributed by atoms with Gasteiger partial charge >= 0.3 is 0 Å². The van der Waals surface area contributed by atoms with Crippen molar-refractivity contribution in [3.63, 3.8) is 0 Å². The lowest BCUT2D eigenvalue weighted by molar-refractivity contribution is -0.127. The second kappa shape index (κ2) is 10.3. The molecule has 0 radical (unpaired) electrons. The summed E-state index contributed by atoms with van der Waals surface area (Å²) in [5.41, 5.74) is 0. The summed E-state index contributed by atoms with van der Waals surface area (Å²) in [6.45, 7) is 0.697. The molecule has 142 valence electrons. The first-order chi connectivity index (χ1) is 11.4. The zero-order valence-electron chi connectivity index (χ0n) is 14.4. The van der Waals surface area contributed by atoms with Crippen molar-refractivity contribution in [1.29, 1.82) is 0 Å². The molecule has 1 aliphatic rings. The lowest BCUT2D eigenvalue weighted by Crippen LogP contribution is -2.45. The Balaban J connectivity index is 0.00000312. The smallest absolute Gasteiger partial charge is 0.243 e. The number of guanidine groups is 1. The van der Waals surface area contributed by atoms with Crippen molar-refractivity contribution in [3.05, 3.63) is 22.4 Å². The molecule has 0 bridgehead atoms. The second-order valence-corrected chi connectivity index (χ2v) is 9.21. The van der Waals surface area contributed by atoms with Gasteiger partial charge in [0.25, 0.3) is 0 Å². The first kappa shape index (κ1) is 22.2. The molecule has 1 amide bonds. The molecule has 0 spiro atoms. The number of likely N-dealkylation sites (N-methyl/N-ethyl adjacent to an activating group) is 1. The molecule has 1 aliphatic heterocycles. The summed E-state index contributed by atoms with van der Waals surface area (Å²) in [6, 6.07) is 3.92. The number of rotatable bonds is 6. The molecule has 1 unspecified atom stereocenters. The van der Waals surface area contributed by atoms with E-state index in [9.17, 15) is 13.2 Å². The molecule has 2 rings (SSSR count). The minimum atomic E-state index is -2.96. The van der Waals surface area contributed by atoms with Crippen LogP contribution >= 0.6 is 35.3 Å². The number of aliphatic imine (C=N–C) groups is 1. The third-order valence-electron chi connectivity index (χ3n) is 3.69. The van der Waals surface area contributed by atoms with Gasteiger partial charge in [-0.2, -0.15) is 0 Å². The molecule has 1 saturated heterocycles. The van der Waals surface area contributed by atoms with Gasteiger partial charge in [-0.15, -0.1) is 35.3 Å². The van der Waals surface area contributed by atoms with Crippen LogP contribution in [0.15, 0.2) is 22.5 Å². The normalized spacial score (nSPS) is 19.1. The number of amides is 1. The lowest BCUT2D eigenvalue weighted by Gasteiger charge is -2.17. The molecule has 0 saturated carbocycles. The van der Waals surface area contributed by atoms with Gasteiger partial charge in [-0.3, -0.25) is 4.79 Å². The van der Waals surface area contributed by atoms with Crippen molar-refractivity contribution in [2.75, 3.05) is 38.7 Å². The Morgan fingerprint density at radius 3 is 2.76 bits per heavy atom. The molecule has 0 aliphatic carbocycles. The molecule has 2 heterocycles. The highest BCUT2D eigenvalue weighted by Crippen LogP contribution is 2.11. The van der Waals surface area contributed by atoms with E-state index in [0.29, 0.717) is 18.9 Å². The van der Waals surface area contributed by atoms with E-state index in [1.807, 2.05) is 11.4 Å². The van der Waals surface area contributed by atoms with E-state index in [1.165, 1.54) is 9.78 Å². The third-order valence-corrected chi connectivity index (χ3v) is 6.39. The summed E-state index contributed by atoms with van der Waals surface area (Å²) >= 11 is 1.69. The molecule has 10 heteroatoms. The number of carbonyl (C=O) groups is 1. The van der Waals surface area contributed by atoms with Crippen LogP contribution < -0.4 is 10.6 Å². The van der Waals surface area contributed by atoms with Crippen molar-refractivity contribution < 1.29 is 13.2 Å². The van der Waals surface area contributed by atoms with E-state index in [1.54, 1.807) is 25.4 Å². The lowest BCUT2D eigenvalue weighted by atomic mass is 10.3. The van der Waals surface area contributed by atoms with Gasteiger partial charge in [0, 0.05) is 31.6 Å². The van der Waals surface area contributed by atoms with Gasteiger partial charge in [-0.05, 0) is 24.3 Å². The maximum atomic E-state index is 11.7. The quantitative estimate of drug-likeness (QED) is 0.342. The Bertz CT molecular complexity index is 675. The van der Waals surface area contributed by atoms with E-state index in [4.69, 9.17) is 0 Å². The SMILES string of the molecule is CN(C)C(=O)CN=C(NCCc1cccs1)NC1CCS(=O)(=O)C1.I. The first-order valence-electron chi connectivity index (χ1n) is 7.83. The van der Waals surface area contributed by atoms with Crippen LogP contribution in [0.5, 0.6) is 0 Å². The van der Waals surface area contributed by atoms with Crippen molar-refractivity contribution in [2.45, 2.75) is 18.9 Å². The Kier molecular flexibility index (Phi) is 9.14. The maximum Gasteiger partial charge on any atom is 0.243 e. The van der Waals surface area contributed by atoms with Crippen LogP contribution in [0.2, 0.25) is 0 Å². The second-order valence-electron chi connectivity index (χ2n) is 5.95. The topological polar surface area (TPSA) is 90.9 Å². The zero-order chi connectivity index (χ0) is 17.6. The van der Waals surface area contributed by atoms with E-state index < -0.39 is 9.84 Å². The summed E-state index contributed by atoms with van der Waals surface area (Å²) < 4.78 is 23.2. The van der Waals surface area contributed by atoms with Gasteiger partial charge in [0.2, 0.25) is 5.91 Å². The fraction of sp³-hybridized carbons (Fsp3) is 0.600. The zero-order valence-corrected chi connectivity index (χ0v) is 18.4. The minimum Gasteiger partial charge on any atom is -0.356 e. The van der Waals surface area contributed by atoms with Crippen molar-refractivity contribution in [3.8, 4) is 0 Å². The van der Waals surface area contributed by atoms with Crippen LogP contribution in [0.1, 0.15) is 11.3 Å².